The number of rotatable bonds is 6. The van der Waals surface area contributed by atoms with Gasteiger partial charge in [-0.05, 0) is 42.3 Å². The molecule has 0 aliphatic heterocycles. The maximum Gasteiger partial charge on any atom is 0.286 e. The third-order valence-corrected chi connectivity index (χ3v) is 3.27. The zero-order chi connectivity index (χ0) is 16.7. The number of methoxy groups -OCH3 is 2. The van der Waals surface area contributed by atoms with E-state index in [1.807, 2.05) is 6.07 Å². The molecule has 0 spiro atoms. The van der Waals surface area contributed by atoms with Crippen molar-refractivity contribution < 1.29 is 19.1 Å². The smallest absolute Gasteiger partial charge is 0.286 e. The minimum Gasteiger partial charge on any atom is -0.497 e. The first kappa shape index (κ1) is 16.4. The standard InChI is InChI=1S/C16H19N3O4/c1-22-12-6-7-14(23-2)11(10-12)5-8-15(20)18-19-16(21)13-4-3-9-17-13/h3-4,6-7,9-10,17H,5,8H2,1-2H3,(H,18,20)(H,19,21). The molecular weight excluding hydrogens is 298 g/mol. The van der Waals surface area contributed by atoms with E-state index in [-0.39, 0.29) is 12.3 Å². The highest BCUT2D eigenvalue weighted by atomic mass is 16.5. The molecule has 3 N–H and O–H groups in total. The van der Waals surface area contributed by atoms with Crippen molar-refractivity contribution in [1.82, 2.24) is 15.8 Å². The average molecular weight is 317 g/mol. The van der Waals surface area contributed by atoms with E-state index in [1.54, 1.807) is 44.7 Å². The van der Waals surface area contributed by atoms with Gasteiger partial charge >= 0.3 is 0 Å². The Kier molecular flexibility index (Phi) is 5.62. The van der Waals surface area contributed by atoms with Crippen LogP contribution in [0.4, 0.5) is 0 Å². The number of ether oxygens (including phenoxy) is 2. The van der Waals surface area contributed by atoms with Crippen LogP contribution in [-0.2, 0) is 11.2 Å². The number of carbonyl (C=O) groups excluding carboxylic acids is 2. The Morgan fingerprint density at radius 3 is 2.61 bits per heavy atom. The monoisotopic (exact) mass is 317 g/mol. The molecule has 7 nitrogen and oxygen atoms in total. The van der Waals surface area contributed by atoms with Gasteiger partial charge < -0.3 is 14.5 Å². The predicted octanol–water partition coefficient (Wildman–Crippen LogP) is 1.43. The number of hydrazine groups is 1. The highest BCUT2D eigenvalue weighted by Gasteiger charge is 2.10. The summed E-state index contributed by atoms with van der Waals surface area (Å²) in [6.07, 6.45) is 2.30. The van der Waals surface area contributed by atoms with Crippen molar-refractivity contribution in [3.63, 3.8) is 0 Å². The molecule has 0 bridgehead atoms. The molecular formula is C16H19N3O4. The molecule has 0 aliphatic rings. The van der Waals surface area contributed by atoms with E-state index < -0.39 is 5.91 Å². The first-order chi connectivity index (χ1) is 11.1. The number of aromatic nitrogens is 1. The number of hydrogen-bond donors (Lipinski definition) is 3. The summed E-state index contributed by atoms with van der Waals surface area (Å²) in [4.78, 5) is 26.3. The number of carbonyl (C=O) groups is 2. The molecule has 0 saturated heterocycles. The Labute approximate surface area is 134 Å². The van der Waals surface area contributed by atoms with Crippen LogP contribution in [0.25, 0.3) is 0 Å². The fourth-order valence-corrected chi connectivity index (χ4v) is 2.05. The lowest BCUT2D eigenvalue weighted by atomic mass is 10.1. The zero-order valence-corrected chi connectivity index (χ0v) is 13.0. The van der Waals surface area contributed by atoms with Crippen LogP contribution in [0.1, 0.15) is 22.5 Å². The van der Waals surface area contributed by atoms with E-state index in [4.69, 9.17) is 9.47 Å². The molecule has 0 unspecified atom stereocenters. The number of amides is 2. The van der Waals surface area contributed by atoms with Crippen LogP contribution in [0.5, 0.6) is 11.5 Å². The number of H-pyrrole nitrogens is 1. The summed E-state index contributed by atoms with van der Waals surface area (Å²) < 4.78 is 10.4. The largest absolute Gasteiger partial charge is 0.497 e. The van der Waals surface area contributed by atoms with Gasteiger partial charge in [-0.3, -0.25) is 20.4 Å². The third-order valence-electron chi connectivity index (χ3n) is 3.27. The Morgan fingerprint density at radius 2 is 1.96 bits per heavy atom. The van der Waals surface area contributed by atoms with Gasteiger partial charge in [-0.25, -0.2) is 0 Å². The van der Waals surface area contributed by atoms with Gasteiger partial charge in [0.15, 0.2) is 0 Å². The predicted molar refractivity (Wildman–Crippen MR) is 84.3 cm³/mol. The normalized spacial score (nSPS) is 10.0. The van der Waals surface area contributed by atoms with Crippen molar-refractivity contribution >= 4 is 11.8 Å². The number of benzene rings is 1. The fourth-order valence-electron chi connectivity index (χ4n) is 2.05. The molecule has 122 valence electrons. The van der Waals surface area contributed by atoms with Crippen molar-refractivity contribution in [1.29, 1.82) is 0 Å². The zero-order valence-electron chi connectivity index (χ0n) is 13.0. The topological polar surface area (TPSA) is 92.4 Å². The number of hydrogen-bond acceptors (Lipinski definition) is 4. The lowest BCUT2D eigenvalue weighted by Gasteiger charge is -2.11. The number of aromatic amines is 1. The van der Waals surface area contributed by atoms with E-state index in [2.05, 4.69) is 15.8 Å². The van der Waals surface area contributed by atoms with Crippen LogP contribution in [-0.4, -0.2) is 31.0 Å². The molecule has 2 rings (SSSR count). The van der Waals surface area contributed by atoms with Crippen LogP contribution in [0.15, 0.2) is 36.5 Å². The van der Waals surface area contributed by atoms with Gasteiger partial charge in [0.05, 0.1) is 14.2 Å². The molecule has 0 atom stereocenters. The molecule has 2 aromatic rings. The Balaban J connectivity index is 1.85. The first-order valence-electron chi connectivity index (χ1n) is 7.07. The Hall–Kier alpha value is -2.96. The molecule has 0 aliphatic carbocycles. The minimum atomic E-state index is -0.401. The molecule has 23 heavy (non-hydrogen) atoms. The SMILES string of the molecule is COc1ccc(OC)c(CCC(=O)NNC(=O)c2ccc[nH]2)c1. The summed E-state index contributed by atoms with van der Waals surface area (Å²) in [5.74, 6) is 0.687. The summed E-state index contributed by atoms with van der Waals surface area (Å²) >= 11 is 0. The van der Waals surface area contributed by atoms with Gasteiger partial charge in [-0.2, -0.15) is 0 Å². The maximum absolute atomic E-state index is 11.8. The summed E-state index contributed by atoms with van der Waals surface area (Å²) in [5.41, 5.74) is 5.96. The van der Waals surface area contributed by atoms with Crippen LogP contribution < -0.4 is 20.3 Å². The maximum atomic E-state index is 11.8. The van der Waals surface area contributed by atoms with Crippen molar-refractivity contribution in [2.75, 3.05) is 14.2 Å². The lowest BCUT2D eigenvalue weighted by molar-refractivity contribution is -0.121. The average Bonchev–Trinajstić information content (AvgIpc) is 3.12. The van der Waals surface area contributed by atoms with Crippen molar-refractivity contribution in [2.24, 2.45) is 0 Å². The van der Waals surface area contributed by atoms with Crippen molar-refractivity contribution in [2.45, 2.75) is 12.8 Å². The Morgan fingerprint density at radius 1 is 1.13 bits per heavy atom. The second-order valence-corrected chi connectivity index (χ2v) is 4.76. The fraction of sp³-hybridized carbons (Fsp3) is 0.250. The van der Waals surface area contributed by atoms with Crippen LogP contribution in [0, 0.1) is 0 Å². The van der Waals surface area contributed by atoms with E-state index in [0.29, 0.717) is 23.6 Å². The summed E-state index contributed by atoms with van der Waals surface area (Å²) in [5, 5.41) is 0. The first-order valence-corrected chi connectivity index (χ1v) is 7.07. The summed E-state index contributed by atoms with van der Waals surface area (Å²) in [7, 11) is 3.15. The quantitative estimate of drug-likeness (QED) is 0.703. The lowest BCUT2D eigenvalue weighted by Crippen LogP contribution is -2.41. The van der Waals surface area contributed by atoms with Crippen molar-refractivity contribution in [3.8, 4) is 11.5 Å². The van der Waals surface area contributed by atoms with Gasteiger partial charge in [0.1, 0.15) is 17.2 Å². The molecule has 0 fully saturated rings. The van der Waals surface area contributed by atoms with Gasteiger partial charge in [0, 0.05) is 12.6 Å². The minimum absolute atomic E-state index is 0.203. The molecule has 1 aromatic heterocycles. The van der Waals surface area contributed by atoms with Gasteiger partial charge in [-0.1, -0.05) is 0 Å². The highest BCUT2D eigenvalue weighted by molar-refractivity contribution is 5.93. The second-order valence-electron chi connectivity index (χ2n) is 4.76. The van der Waals surface area contributed by atoms with Gasteiger partial charge in [0.25, 0.3) is 5.91 Å². The van der Waals surface area contributed by atoms with E-state index in [1.165, 1.54) is 0 Å². The van der Waals surface area contributed by atoms with E-state index in [9.17, 15) is 9.59 Å². The third kappa shape index (κ3) is 4.50. The van der Waals surface area contributed by atoms with Gasteiger partial charge in [-0.15, -0.1) is 0 Å². The van der Waals surface area contributed by atoms with E-state index >= 15 is 0 Å². The van der Waals surface area contributed by atoms with Crippen LogP contribution >= 0.6 is 0 Å². The second kappa shape index (κ2) is 7.88. The molecule has 2 amide bonds. The highest BCUT2D eigenvalue weighted by Crippen LogP contribution is 2.24. The van der Waals surface area contributed by atoms with E-state index in [0.717, 1.165) is 5.56 Å². The summed E-state index contributed by atoms with van der Waals surface area (Å²) in [6, 6.07) is 8.72. The number of nitrogens with one attached hydrogen (secondary N) is 3. The summed E-state index contributed by atoms with van der Waals surface area (Å²) in [6.45, 7) is 0. The van der Waals surface area contributed by atoms with Crippen LogP contribution in [0.2, 0.25) is 0 Å². The molecule has 0 saturated carbocycles. The van der Waals surface area contributed by atoms with Crippen molar-refractivity contribution in [3.05, 3.63) is 47.8 Å². The molecule has 7 heteroatoms. The molecule has 0 radical (unpaired) electrons. The van der Waals surface area contributed by atoms with Gasteiger partial charge in [0.2, 0.25) is 5.91 Å². The number of aryl methyl sites for hydroxylation is 1. The Bertz CT molecular complexity index is 668. The van der Waals surface area contributed by atoms with Crippen LogP contribution in [0.3, 0.4) is 0 Å². The molecule has 1 aromatic carbocycles. The molecule has 1 heterocycles.